The van der Waals surface area contributed by atoms with E-state index in [2.05, 4.69) is 0 Å². The van der Waals surface area contributed by atoms with Gasteiger partial charge in [0.2, 0.25) is 0 Å². The summed E-state index contributed by atoms with van der Waals surface area (Å²) in [5, 5.41) is 9.89. The highest BCUT2D eigenvalue weighted by Gasteiger charge is 2.45. The van der Waals surface area contributed by atoms with Crippen LogP contribution in [0.1, 0.15) is 30.1 Å². The molecular weight excluding hydrogens is 162 g/mol. The number of aliphatic hydroxyl groups is 1. The maximum Gasteiger partial charge on any atom is 0.0969 e. The molecule has 0 amide bonds. The van der Waals surface area contributed by atoms with Crippen LogP contribution in [0.2, 0.25) is 0 Å². The molecule has 1 aromatic rings. The summed E-state index contributed by atoms with van der Waals surface area (Å²) in [5.41, 5.74) is 7.71. The number of hydrogen-bond acceptors (Lipinski definition) is 2. The lowest BCUT2D eigenvalue weighted by Crippen LogP contribution is -2.30. The molecule has 0 bridgehead atoms. The minimum Gasteiger partial charge on any atom is -0.386 e. The van der Waals surface area contributed by atoms with Gasteiger partial charge >= 0.3 is 0 Å². The van der Waals surface area contributed by atoms with Crippen molar-refractivity contribution < 1.29 is 5.11 Å². The second-order valence-electron chi connectivity index (χ2n) is 4.05. The van der Waals surface area contributed by atoms with Crippen LogP contribution in [-0.2, 0) is 0 Å². The van der Waals surface area contributed by atoms with Crippen LogP contribution < -0.4 is 5.73 Å². The van der Waals surface area contributed by atoms with Crippen molar-refractivity contribution >= 4 is 0 Å². The van der Waals surface area contributed by atoms with Crippen molar-refractivity contribution in [3.8, 4) is 0 Å². The Hall–Kier alpha value is -0.860. The first-order valence-corrected chi connectivity index (χ1v) is 4.65. The Morgan fingerprint density at radius 1 is 1.31 bits per heavy atom. The lowest BCUT2D eigenvalue weighted by atomic mass is 10.0. The van der Waals surface area contributed by atoms with Gasteiger partial charge in [0, 0.05) is 5.54 Å². The fourth-order valence-electron chi connectivity index (χ4n) is 1.50. The van der Waals surface area contributed by atoms with Crippen LogP contribution in [-0.4, -0.2) is 10.6 Å². The standard InChI is InChI=1S/C11H15NO/c1-8-2-4-9(5-3-8)10(13)11(12)6-7-11/h2-5,10,13H,6-7,12H2,1H3. The van der Waals surface area contributed by atoms with Gasteiger partial charge in [-0.25, -0.2) is 0 Å². The molecule has 1 aromatic carbocycles. The van der Waals surface area contributed by atoms with E-state index in [1.807, 2.05) is 31.2 Å². The monoisotopic (exact) mass is 177 g/mol. The molecule has 13 heavy (non-hydrogen) atoms. The zero-order valence-corrected chi connectivity index (χ0v) is 7.83. The molecule has 0 aromatic heterocycles. The third-order valence-electron chi connectivity index (χ3n) is 2.77. The summed E-state index contributed by atoms with van der Waals surface area (Å²) >= 11 is 0. The number of hydrogen-bond donors (Lipinski definition) is 2. The summed E-state index contributed by atoms with van der Waals surface area (Å²) in [6, 6.07) is 7.91. The zero-order chi connectivity index (χ0) is 9.47. The maximum absolute atomic E-state index is 9.89. The average Bonchev–Trinajstić information content (AvgIpc) is 2.85. The van der Waals surface area contributed by atoms with Crippen molar-refractivity contribution in [2.24, 2.45) is 5.73 Å². The fraction of sp³-hybridized carbons (Fsp3) is 0.455. The number of nitrogens with two attached hydrogens (primary N) is 1. The van der Waals surface area contributed by atoms with Crippen molar-refractivity contribution in [1.29, 1.82) is 0 Å². The third kappa shape index (κ3) is 1.60. The lowest BCUT2D eigenvalue weighted by molar-refractivity contribution is 0.136. The molecule has 2 heteroatoms. The molecule has 3 N–H and O–H groups in total. The number of aryl methyl sites for hydroxylation is 1. The van der Waals surface area contributed by atoms with E-state index in [1.165, 1.54) is 5.56 Å². The van der Waals surface area contributed by atoms with Gasteiger partial charge in [-0.15, -0.1) is 0 Å². The highest BCUT2D eigenvalue weighted by Crippen LogP contribution is 2.43. The molecular formula is C11H15NO. The second-order valence-corrected chi connectivity index (χ2v) is 4.05. The fourth-order valence-corrected chi connectivity index (χ4v) is 1.50. The van der Waals surface area contributed by atoms with Gasteiger partial charge in [-0.1, -0.05) is 29.8 Å². The molecule has 0 aliphatic heterocycles. The van der Waals surface area contributed by atoms with Crippen molar-refractivity contribution in [1.82, 2.24) is 0 Å². The van der Waals surface area contributed by atoms with Crippen LogP contribution in [0.25, 0.3) is 0 Å². The number of benzene rings is 1. The minimum absolute atomic E-state index is 0.338. The minimum atomic E-state index is -0.493. The summed E-state index contributed by atoms with van der Waals surface area (Å²) in [6.45, 7) is 2.03. The van der Waals surface area contributed by atoms with E-state index in [0.29, 0.717) is 0 Å². The summed E-state index contributed by atoms with van der Waals surface area (Å²) in [6.07, 6.45) is 1.37. The van der Waals surface area contributed by atoms with E-state index in [9.17, 15) is 5.11 Å². The molecule has 0 saturated heterocycles. The molecule has 1 saturated carbocycles. The quantitative estimate of drug-likeness (QED) is 0.719. The Kier molecular flexibility index (Phi) is 1.90. The normalized spacial score (nSPS) is 21.2. The van der Waals surface area contributed by atoms with Gasteiger partial charge in [-0.3, -0.25) is 0 Å². The number of aliphatic hydroxyl groups excluding tert-OH is 1. The molecule has 1 unspecified atom stereocenters. The van der Waals surface area contributed by atoms with Crippen molar-refractivity contribution in [2.75, 3.05) is 0 Å². The first-order valence-electron chi connectivity index (χ1n) is 4.65. The molecule has 70 valence electrons. The van der Waals surface area contributed by atoms with Crippen LogP contribution in [0.15, 0.2) is 24.3 Å². The summed E-state index contributed by atoms with van der Waals surface area (Å²) in [5.74, 6) is 0. The lowest BCUT2D eigenvalue weighted by Gasteiger charge is -2.17. The van der Waals surface area contributed by atoms with Gasteiger partial charge < -0.3 is 10.8 Å². The van der Waals surface area contributed by atoms with Gasteiger partial charge in [0.15, 0.2) is 0 Å². The highest BCUT2D eigenvalue weighted by atomic mass is 16.3. The first kappa shape index (κ1) is 8.73. The van der Waals surface area contributed by atoms with Gasteiger partial charge in [-0.2, -0.15) is 0 Å². The van der Waals surface area contributed by atoms with Gasteiger partial charge in [0.1, 0.15) is 0 Å². The van der Waals surface area contributed by atoms with Gasteiger partial charge in [0.05, 0.1) is 6.10 Å². The van der Waals surface area contributed by atoms with Crippen molar-refractivity contribution in [2.45, 2.75) is 31.4 Å². The average molecular weight is 177 g/mol. The Labute approximate surface area is 78.4 Å². The van der Waals surface area contributed by atoms with E-state index in [0.717, 1.165) is 18.4 Å². The molecule has 0 radical (unpaired) electrons. The highest BCUT2D eigenvalue weighted by molar-refractivity contribution is 5.27. The van der Waals surface area contributed by atoms with E-state index in [1.54, 1.807) is 0 Å². The summed E-state index contributed by atoms with van der Waals surface area (Å²) < 4.78 is 0. The summed E-state index contributed by atoms with van der Waals surface area (Å²) in [4.78, 5) is 0. The molecule has 0 heterocycles. The molecule has 2 rings (SSSR count). The number of rotatable bonds is 2. The van der Waals surface area contributed by atoms with E-state index >= 15 is 0 Å². The van der Waals surface area contributed by atoms with Crippen LogP contribution in [0, 0.1) is 6.92 Å². The van der Waals surface area contributed by atoms with Crippen LogP contribution >= 0.6 is 0 Å². The van der Waals surface area contributed by atoms with E-state index < -0.39 is 6.10 Å². The van der Waals surface area contributed by atoms with E-state index in [-0.39, 0.29) is 5.54 Å². The second kappa shape index (κ2) is 2.82. The molecule has 1 fully saturated rings. The molecule has 2 nitrogen and oxygen atoms in total. The van der Waals surface area contributed by atoms with Gasteiger partial charge in [-0.05, 0) is 25.3 Å². The van der Waals surface area contributed by atoms with Crippen LogP contribution in [0.4, 0.5) is 0 Å². The predicted octanol–water partition coefficient (Wildman–Crippen LogP) is 1.52. The van der Waals surface area contributed by atoms with Crippen LogP contribution in [0.3, 0.4) is 0 Å². The van der Waals surface area contributed by atoms with Crippen molar-refractivity contribution in [3.05, 3.63) is 35.4 Å². The Bertz CT molecular complexity index is 300. The Morgan fingerprint density at radius 2 is 1.85 bits per heavy atom. The van der Waals surface area contributed by atoms with E-state index in [4.69, 9.17) is 5.73 Å². The third-order valence-corrected chi connectivity index (χ3v) is 2.77. The maximum atomic E-state index is 9.89. The zero-order valence-electron chi connectivity index (χ0n) is 7.83. The SMILES string of the molecule is Cc1ccc(C(O)C2(N)CC2)cc1. The Morgan fingerprint density at radius 3 is 2.31 bits per heavy atom. The molecule has 1 aliphatic rings. The van der Waals surface area contributed by atoms with Gasteiger partial charge in [0.25, 0.3) is 0 Å². The van der Waals surface area contributed by atoms with Crippen molar-refractivity contribution in [3.63, 3.8) is 0 Å². The predicted molar refractivity (Wildman–Crippen MR) is 52.3 cm³/mol. The molecule has 1 aliphatic carbocycles. The largest absolute Gasteiger partial charge is 0.386 e. The van der Waals surface area contributed by atoms with Crippen LogP contribution in [0.5, 0.6) is 0 Å². The Balaban J connectivity index is 2.20. The summed E-state index contributed by atoms with van der Waals surface area (Å²) in [7, 11) is 0. The molecule has 0 spiro atoms. The smallest absolute Gasteiger partial charge is 0.0969 e. The first-order chi connectivity index (χ1) is 6.12. The topological polar surface area (TPSA) is 46.2 Å². The molecule has 1 atom stereocenters.